The Balaban J connectivity index is 1.53. The number of anilines is 1. The van der Waals surface area contributed by atoms with Crippen LogP contribution in [0.15, 0.2) is 91.1 Å². The van der Waals surface area contributed by atoms with E-state index in [2.05, 4.69) is 17.9 Å². The van der Waals surface area contributed by atoms with E-state index in [1.807, 2.05) is 11.4 Å². The van der Waals surface area contributed by atoms with Gasteiger partial charge in [0.15, 0.2) is 5.69 Å². The highest BCUT2D eigenvalue weighted by molar-refractivity contribution is 7.82. The summed E-state index contributed by atoms with van der Waals surface area (Å²) < 4.78 is 48.5. The maximum Gasteiger partial charge on any atom is 0.434 e. The third kappa shape index (κ3) is 5.46. The van der Waals surface area contributed by atoms with Gasteiger partial charge in [-0.15, -0.1) is 0 Å². The van der Waals surface area contributed by atoms with Gasteiger partial charge >= 0.3 is 12.2 Å². The van der Waals surface area contributed by atoms with Crippen molar-refractivity contribution < 1.29 is 27.5 Å². The molecule has 0 aliphatic rings. The first kappa shape index (κ1) is 23.9. The van der Waals surface area contributed by atoms with Crippen molar-refractivity contribution in [2.24, 2.45) is 0 Å². The molecule has 1 N–H and O–H groups in total. The van der Waals surface area contributed by atoms with Crippen LogP contribution in [0.4, 0.5) is 23.7 Å². The molecule has 0 aliphatic carbocycles. The predicted molar refractivity (Wildman–Crippen MR) is 126 cm³/mol. The van der Waals surface area contributed by atoms with Crippen LogP contribution in [0.3, 0.4) is 0 Å². The second-order valence-electron chi connectivity index (χ2n) is 7.14. The number of hydrogen-bond donors (Lipinski definition) is 2. The number of rotatable bonds is 5. The van der Waals surface area contributed by atoms with Crippen molar-refractivity contribution in [1.29, 1.82) is 0 Å². The summed E-state index contributed by atoms with van der Waals surface area (Å²) in [5, 5.41) is 5.63. The first-order valence-corrected chi connectivity index (χ1v) is 10.5. The Morgan fingerprint density at radius 2 is 1.54 bits per heavy atom. The van der Waals surface area contributed by atoms with Crippen molar-refractivity contribution in [2.75, 3.05) is 4.31 Å². The number of urea groups is 1. The fraction of sp³-hybridized carbons (Fsp3) is 0.0417. The third-order valence-corrected chi connectivity index (χ3v) is 5.15. The molecule has 11 heteroatoms. The number of amides is 3. The minimum Gasteiger partial charge on any atom is -0.457 e. The zero-order chi connectivity index (χ0) is 25.0. The number of imide groups is 1. The lowest BCUT2D eigenvalue weighted by Gasteiger charge is -2.17. The number of carbonyl (C=O) groups excluding carboxylic acids is 2. The highest BCUT2D eigenvalue weighted by Gasteiger charge is 2.41. The zero-order valence-electron chi connectivity index (χ0n) is 17.8. The summed E-state index contributed by atoms with van der Waals surface area (Å²) in [5.41, 5.74) is -1.78. The third-order valence-electron chi connectivity index (χ3n) is 4.74. The van der Waals surface area contributed by atoms with Gasteiger partial charge in [0.25, 0.3) is 5.91 Å². The van der Waals surface area contributed by atoms with Crippen LogP contribution in [-0.4, -0.2) is 21.7 Å². The number of nitrogens with zero attached hydrogens (tertiary/aromatic N) is 3. The Bertz CT molecular complexity index is 1350. The van der Waals surface area contributed by atoms with Crippen molar-refractivity contribution in [2.45, 2.75) is 6.18 Å². The summed E-state index contributed by atoms with van der Waals surface area (Å²) in [4.78, 5) is 25.2. The van der Waals surface area contributed by atoms with Gasteiger partial charge in [0.1, 0.15) is 11.5 Å². The molecule has 178 valence electrons. The molecular formula is C24H17F3N4O3S. The number of nitrogens with one attached hydrogen (secondary N) is 1. The number of benzene rings is 3. The molecule has 0 radical (unpaired) electrons. The molecule has 0 atom stereocenters. The Kier molecular flexibility index (Phi) is 6.78. The molecule has 0 unspecified atom stereocenters. The lowest BCUT2D eigenvalue weighted by atomic mass is 10.2. The van der Waals surface area contributed by atoms with E-state index >= 15 is 0 Å². The number of halogens is 3. The Morgan fingerprint density at radius 3 is 2.20 bits per heavy atom. The predicted octanol–water partition coefficient (Wildman–Crippen LogP) is 5.88. The van der Waals surface area contributed by atoms with Crippen molar-refractivity contribution in [1.82, 2.24) is 15.1 Å². The lowest BCUT2D eigenvalue weighted by Crippen LogP contribution is -2.39. The summed E-state index contributed by atoms with van der Waals surface area (Å²) in [6.45, 7) is 0. The van der Waals surface area contributed by atoms with E-state index in [1.54, 1.807) is 42.5 Å². The minimum atomic E-state index is -4.91. The van der Waals surface area contributed by atoms with Crippen molar-refractivity contribution in [3.05, 3.63) is 102 Å². The topological polar surface area (TPSA) is 76.5 Å². The SMILES string of the molecule is O=C(NC(=O)N(S)c1cccc(Oc2ccccc2)c1)c1cnn(-c2ccccc2)c1C(F)(F)F. The molecule has 3 aromatic carbocycles. The van der Waals surface area contributed by atoms with E-state index in [1.165, 1.54) is 36.4 Å². The molecule has 7 nitrogen and oxygen atoms in total. The number of para-hydroxylation sites is 2. The van der Waals surface area contributed by atoms with Gasteiger partial charge < -0.3 is 4.74 Å². The van der Waals surface area contributed by atoms with Gasteiger partial charge in [-0.3, -0.25) is 10.1 Å². The van der Waals surface area contributed by atoms with Gasteiger partial charge in [-0.2, -0.15) is 18.3 Å². The van der Waals surface area contributed by atoms with Crippen molar-refractivity contribution in [3.63, 3.8) is 0 Å². The van der Waals surface area contributed by atoms with Gasteiger partial charge in [0, 0.05) is 6.07 Å². The van der Waals surface area contributed by atoms with Crippen LogP contribution in [0.5, 0.6) is 11.5 Å². The summed E-state index contributed by atoms with van der Waals surface area (Å²) in [7, 11) is 0. The van der Waals surface area contributed by atoms with Crippen LogP contribution >= 0.6 is 12.8 Å². The fourth-order valence-corrected chi connectivity index (χ4v) is 3.36. The van der Waals surface area contributed by atoms with E-state index < -0.39 is 29.4 Å². The first-order valence-electron chi connectivity index (χ1n) is 10.1. The van der Waals surface area contributed by atoms with Crippen LogP contribution in [0.1, 0.15) is 16.1 Å². The van der Waals surface area contributed by atoms with Gasteiger partial charge in [-0.1, -0.05) is 55.3 Å². The van der Waals surface area contributed by atoms with Crippen molar-refractivity contribution >= 4 is 30.4 Å². The van der Waals surface area contributed by atoms with Crippen LogP contribution in [0, 0.1) is 0 Å². The molecule has 3 amide bonds. The standard InChI is InChI=1S/C24H17F3N4O3S/c25-24(26,27)21-20(15-28-30(21)16-8-3-1-4-9-16)22(32)29-23(33)31(35)17-10-7-13-19(14-17)34-18-11-5-2-6-12-18/h1-15,35H,(H,29,32,33). The zero-order valence-corrected chi connectivity index (χ0v) is 18.7. The molecule has 0 fully saturated rings. The summed E-state index contributed by atoms with van der Waals surface area (Å²) in [6, 6.07) is 21.6. The average Bonchev–Trinajstić information content (AvgIpc) is 3.31. The van der Waals surface area contributed by atoms with E-state index in [-0.39, 0.29) is 11.4 Å². The smallest absolute Gasteiger partial charge is 0.434 e. The Morgan fingerprint density at radius 1 is 0.914 bits per heavy atom. The van der Waals surface area contributed by atoms with E-state index in [9.17, 15) is 22.8 Å². The molecule has 0 saturated heterocycles. The number of ether oxygens (including phenoxy) is 1. The van der Waals surface area contributed by atoms with E-state index in [0.717, 1.165) is 10.5 Å². The molecule has 4 aromatic rings. The number of aromatic nitrogens is 2. The Labute approximate surface area is 203 Å². The number of hydrogen-bond acceptors (Lipinski definition) is 5. The fourth-order valence-electron chi connectivity index (χ4n) is 3.19. The average molecular weight is 498 g/mol. The van der Waals surface area contributed by atoms with Crippen LogP contribution < -0.4 is 14.4 Å². The number of thiol groups is 1. The molecule has 4 rings (SSSR count). The Hall–Kier alpha value is -4.25. The second-order valence-corrected chi connectivity index (χ2v) is 7.54. The molecule has 1 aromatic heterocycles. The van der Waals surface area contributed by atoms with Crippen LogP contribution in [0.2, 0.25) is 0 Å². The highest BCUT2D eigenvalue weighted by Crippen LogP contribution is 2.34. The minimum absolute atomic E-state index is 0.108. The largest absolute Gasteiger partial charge is 0.457 e. The molecular weight excluding hydrogens is 481 g/mol. The molecule has 1 heterocycles. The first-order chi connectivity index (χ1) is 16.7. The molecule has 35 heavy (non-hydrogen) atoms. The summed E-state index contributed by atoms with van der Waals surface area (Å²) in [5.74, 6) is -0.333. The normalized spacial score (nSPS) is 11.1. The van der Waals surface area contributed by atoms with Gasteiger partial charge in [0.2, 0.25) is 0 Å². The second kappa shape index (κ2) is 9.94. The number of carbonyl (C=O) groups is 2. The highest BCUT2D eigenvalue weighted by atomic mass is 32.1. The van der Waals surface area contributed by atoms with Gasteiger partial charge in [0.05, 0.1) is 23.1 Å². The monoisotopic (exact) mass is 498 g/mol. The van der Waals surface area contributed by atoms with Gasteiger partial charge in [-0.05, 0) is 36.4 Å². The molecule has 0 bridgehead atoms. The van der Waals surface area contributed by atoms with Crippen LogP contribution in [0.25, 0.3) is 5.69 Å². The summed E-state index contributed by atoms with van der Waals surface area (Å²) in [6.07, 6.45) is -4.15. The maximum atomic E-state index is 13.8. The van der Waals surface area contributed by atoms with Crippen LogP contribution in [-0.2, 0) is 6.18 Å². The van der Waals surface area contributed by atoms with E-state index in [4.69, 9.17) is 4.74 Å². The molecule has 0 aliphatic heterocycles. The van der Waals surface area contributed by atoms with Gasteiger partial charge in [-0.25, -0.2) is 13.8 Å². The van der Waals surface area contributed by atoms with E-state index in [0.29, 0.717) is 16.2 Å². The van der Waals surface area contributed by atoms with Crippen molar-refractivity contribution in [3.8, 4) is 17.2 Å². The quantitative estimate of drug-likeness (QED) is 0.337. The summed E-state index contributed by atoms with van der Waals surface area (Å²) >= 11 is 4.09. The maximum absolute atomic E-state index is 13.8. The lowest BCUT2D eigenvalue weighted by molar-refractivity contribution is -0.143. The molecule has 0 saturated carbocycles. The number of alkyl halides is 3. The molecule has 0 spiro atoms.